The fourth-order valence-corrected chi connectivity index (χ4v) is 1.72. The molecule has 0 fully saturated rings. The Morgan fingerprint density at radius 2 is 2.00 bits per heavy atom. The van der Waals surface area contributed by atoms with Gasteiger partial charge in [0.2, 0.25) is 0 Å². The molecule has 0 saturated heterocycles. The number of aliphatic hydroxyl groups excluding tert-OH is 2. The largest absolute Gasteiger partial charge is 0.455 e. The second kappa shape index (κ2) is 6.31. The summed E-state index contributed by atoms with van der Waals surface area (Å²) in [6.45, 7) is 1.82. The molecule has 2 aromatic rings. The van der Waals surface area contributed by atoms with E-state index in [0.29, 0.717) is 23.6 Å². The predicted octanol–water partition coefficient (Wildman–Crippen LogP) is 2.81. The molecule has 2 N–H and O–H groups in total. The van der Waals surface area contributed by atoms with Crippen LogP contribution in [0.5, 0.6) is 11.5 Å². The lowest BCUT2D eigenvalue weighted by molar-refractivity contribution is 0.169. The van der Waals surface area contributed by atoms with Gasteiger partial charge in [-0.2, -0.15) is 0 Å². The van der Waals surface area contributed by atoms with Crippen LogP contribution in [0.15, 0.2) is 42.6 Å². The summed E-state index contributed by atoms with van der Waals surface area (Å²) in [4.78, 5) is 4.16. The smallest absolute Gasteiger partial charge is 0.145 e. The summed E-state index contributed by atoms with van der Waals surface area (Å²) in [5.41, 5.74) is 1.35. The van der Waals surface area contributed by atoms with Crippen molar-refractivity contribution in [3.63, 3.8) is 0 Å². The van der Waals surface area contributed by atoms with Crippen LogP contribution in [0.3, 0.4) is 0 Å². The summed E-state index contributed by atoms with van der Waals surface area (Å²) < 4.78 is 5.66. The average Bonchev–Trinajstić information content (AvgIpc) is 2.48. The van der Waals surface area contributed by atoms with Gasteiger partial charge in [-0.15, -0.1) is 0 Å². The van der Waals surface area contributed by atoms with Crippen molar-refractivity contribution >= 4 is 0 Å². The van der Waals surface area contributed by atoms with Crippen LogP contribution in [0, 0.1) is 0 Å². The fourth-order valence-electron chi connectivity index (χ4n) is 1.72. The van der Waals surface area contributed by atoms with Crippen LogP contribution in [0.4, 0.5) is 0 Å². The molecule has 0 bridgehead atoms. The van der Waals surface area contributed by atoms with Crippen molar-refractivity contribution in [3.05, 3.63) is 53.9 Å². The van der Waals surface area contributed by atoms with Gasteiger partial charge in [-0.05, 0) is 24.6 Å². The Labute approximate surface area is 112 Å². The van der Waals surface area contributed by atoms with Gasteiger partial charge < -0.3 is 14.9 Å². The highest BCUT2D eigenvalue weighted by atomic mass is 16.5. The molecule has 1 aromatic heterocycles. The molecular formula is C15H17NO3. The zero-order valence-corrected chi connectivity index (χ0v) is 10.8. The SMILES string of the molecule is CC[C@H](O)c1ccc(Oc2ccccc2CO)cn1. The number of nitrogens with zero attached hydrogens (tertiary/aromatic N) is 1. The third-order valence-electron chi connectivity index (χ3n) is 2.86. The van der Waals surface area contributed by atoms with Gasteiger partial charge in [-0.1, -0.05) is 25.1 Å². The minimum absolute atomic E-state index is 0.0732. The van der Waals surface area contributed by atoms with Crippen LogP contribution < -0.4 is 4.74 Å². The van der Waals surface area contributed by atoms with E-state index in [1.54, 1.807) is 30.5 Å². The molecule has 0 aliphatic heterocycles. The van der Waals surface area contributed by atoms with Gasteiger partial charge in [-0.25, -0.2) is 0 Å². The molecular weight excluding hydrogens is 242 g/mol. The molecule has 0 unspecified atom stereocenters. The third kappa shape index (κ3) is 3.30. The number of ether oxygens (including phenoxy) is 1. The molecule has 4 nitrogen and oxygen atoms in total. The number of hydrogen-bond acceptors (Lipinski definition) is 4. The molecule has 0 amide bonds. The second-order valence-electron chi connectivity index (χ2n) is 4.21. The molecule has 0 saturated carbocycles. The minimum Gasteiger partial charge on any atom is -0.455 e. The van der Waals surface area contributed by atoms with E-state index >= 15 is 0 Å². The highest BCUT2D eigenvalue weighted by molar-refractivity contribution is 5.36. The van der Waals surface area contributed by atoms with Gasteiger partial charge >= 0.3 is 0 Å². The maximum atomic E-state index is 9.66. The molecule has 0 aliphatic carbocycles. The Morgan fingerprint density at radius 3 is 2.63 bits per heavy atom. The highest BCUT2D eigenvalue weighted by Crippen LogP contribution is 2.25. The maximum absolute atomic E-state index is 9.66. The van der Waals surface area contributed by atoms with Gasteiger partial charge in [0.1, 0.15) is 11.5 Å². The van der Waals surface area contributed by atoms with Crippen LogP contribution in [0.1, 0.15) is 30.7 Å². The van der Waals surface area contributed by atoms with Crippen LogP contribution in [0.25, 0.3) is 0 Å². The number of hydrogen-bond donors (Lipinski definition) is 2. The number of rotatable bonds is 5. The zero-order valence-electron chi connectivity index (χ0n) is 10.8. The molecule has 0 spiro atoms. The van der Waals surface area contributed by atoms with E-state index in [1.165, 1.54) is 0 Å². The first-order valence-electron chi connectivity index (χ1n) is 6.25. The van der Waals surface area contributed by atoms with Gasteiger partial charge in [0.05, 0.1) is 24.6 Å². The monoisotopic (exact) mass is 259 g/mol. The second-order valence-corrected chi connectivity index (χ2v) is 4.21. The molecule has 2 rings (SSSR count). The van der Waals surface area contributed by atoms with Crippen molar-refractivity contribution in [1.82, 2.24) is 4.98 Å². The van der Waals surface area contributed by atoms with Crippen LogP contribution >= 0.6 is 0 Å². The standard InChI is InChI=1S/C15H17NO3/c1-2-14(18)13-8-7-12(9-16-13)19-15-6-4-3-5-11(15)10-17/h3-9,14,17-18H,2,10H2,1H3/t14-/m0/s1. The number of pyridine rings is 1. The number of para-hydroxylation sites is 1. The van der Waals surface area contributed by atoms with Gasteiger partial charge in [0.15, 0.2) is 0 Å². The average molecular weight is 259 g/mol. The van der Waals surface area contributed by atoms with E-state index in [4.69, 9.17) is 4.74 Å². The number of aliphatic hydroxyl groups is 2. The van der Waals surface area contributed by atoms with E-state index < -0.39 is 6.10 Å². The first kappa shape index (κ1) is 13.5. The molecule has 1 heterocycles. The Bertz CT molecular complexity index is 525. The number of aromatic nitrogens is 1. The summed E-state index contributed by atoms with van der Waals surface area (Å²) in [5.74, 6) is 1.18. The normalized spacial score (nSPS) is 12.2. The van der Waals surface area contributed by atoms with Crippen molar-refractivity contribution in [3.8, 4) is 11.5 Å². The lowest BCUT2D eigenvalue weighted by Crippen LogP contribution is -1.98. The molecule has 4 heteroatoms. The molecule has 0 radical (unpaired) electrons. The molecule has 0 aliphatic rings. The van der Waals surface area contributed by atoms with Crippen molar-refractivity contribution in [2.24, 2.45) is 0 Å². The van der Waals surface area contributed by atoms with Gasteiger partial charge in [0.25, 0.3) is 0 Å². The maximum Gasteiger partial charge on any atom is 0.145 e. The van der Waals surface area contributed by atoms with Gasteiger partial charge in [-0.3, -0.25) is 4.98 Å². The van der Waals surface area contributed by atoms with E-state index in [9.17, 15) is 10.2 Å². The Balaban J connectivity index is 2.15. The Hall–Kier alpha value is -1.91. The van der Waals surface area contributed by atoms with Crippen molar-refractivity contribution in [2.45, 2.75) is 26.1 Å². The van der Waals surface area contributed by atoms with Gasteiger partial charge in [0, 0.05) is 5.56 Å². The van der Waals surface area contributed by atoms with Crippen molar-refractivity contribution < 1.29 is 14.9 Å². The molecule has 1 aromatic carbocycles. The summed E-state index contributed by atoms with van der Waals surface area (Å²) in [6.07, 6.45) is 1.65. The van der Waals surface area contributed by atoms with Crippen LogP contribution in [0.2, 0.25) is 0 Å². The van der Waals surface area contributed by atoms with E-state index in [2.05, 4.69) is 4.98 Å². The van der Waals surface area contributed by atoms with E-state index in [-0.39, 0.29) is 6.61 Å². The quantitative estimate of drug-likeness (QED) is 0.866. The Morgan fingerprint density at radius 1 is 1.21 bits per heavy atom. The summed E-state index contributed by atoms with van der Waals surface area (Å²) in [5, 5.41) is 18.9. The Kier molecular flexibility index (Phi) is 4.49. The van der Waals surface area contributed by atoms with E-state index in [0.717, 1.165) is 5.56 Å². The zero-order chi connectivity index (χ0) is 13.7. The molecule has 100 valence electrons. The molecule has 1 atom stereocenters. The number of benzene rings is 1. The first-order valence-corrected chi connectivity index (χ1v) is 6.25. The predicted molar refractivity (Wildman–Crippen MR) is 71.9 cm³/mol. The first-order chi connectivity index (χ1) is 9.24. The van der Waals surface area contributed by atoms with Crippen molar-refractivity contribution in [1.29, 1.82) is 0 Å². The van der Waals surface area contributed by atoms with Crippen LogP contribution in [-0.4, -0.2) is 15.2 Å². The lowest BCUT2D eigenvalue weighted by atomic mass is 10.2. The summed E-state index contributed by atoms with van der Waals surface area (Å²) >= 11 is 0. The summed E-state index contributed by atoms with van der Waals surface area (Å²) in [7, 11) is 0. The fraction of sp³-hybridized carbons (Fsp3) is 0.267. The highest BCUT2D eigenvalue weighted by Gasteiger charge is 2.07. The van der Waals surface area contributed by atoms with Crippen molar-refractivity contribution in [2.75, 3.05) is 0 Å². The topological polar surface area (TPSA) is 62.6 Å². The van der Waals surface area contributed by atoms with Crippen LogP contribution in [-0.2, 0) is 6.61 Å². The van der Waals surface area contributed by atoms with E-state index in [1.807, 2.05) is 19.1 Å². The molecule has 19 heavy (non-hydrogen) atoms. The minimum atomic E-state index is -0.543. The lowest BCUT2D eigenvalue weighted by Gasteiger charge is -2.11. The third-order valence-corrected chi connectivity index (χ3v) is 2.86. The summed E-state index contributed by atoms with van der Waals surface area (Å²) in [6, 6.07) is 10.8.